The minimum atomic E-state index is 0.362. The van der Waals surface area contributed by atoms with Gasteiger partial charge in [0, 0.05) is 43.9 Å². The minimum absolute atomic E-state index is 0.362. The predicted molar refractivity (Wildman–Crippen MR) is 89.0 cm³/mol. The Labute approximate surface area is 126 Å². The molecule has 0 bridgehead atoms. The molecule has 0 aliphatic carbocycles. The number of ether oxygens (including phenoxy) is 1. The molecule has 2 unspecified atom stereocenters. The summed E-state index contributed by atoms with van der Waals surface area (Å²) in [6.07, 6.45) is 1.46. The van der Waals surface area contributed by atoms with E-state index in [1.807, 2.05) is 0 Å². The Balaban J connectivity index is 1.82. The number of hydrogen-bond acceptors (Lipinski definition) is 3. The van der Waals surface area contributed by atoms with Crippen LogP contribution in [0.4, 0.5) is 5.69 Å². The fourth-order valence-corrected chi connectivity index (χ4v) is 3.25. The lowest BCUT2D eigenvalue weighted by Gasteiger charge is -2.27. The average Bonchev–Trinajstić information content (AvgIpc) is 3.00. The van der Waals surface area contributed by atoms with Crippen LogP contribution in [0.1, 0.15) is 13.3 Å². The molecule has 1 N–H and O–H groups in total. The molecular formula is C18H24N2O. The van der Waals surface area contributed by atoms with Crippen LogP contribution in [0.25, 0.3) is 10.8 Å². The Morgan fingerprint density at radius 2 is 2.00 bits per heavy atom. The van der Waals surface area contributed by atoms with E-state index in [0.717, 1.165) is 26.1 Å². The van der Waals surface area contributed by atoms with E-state index in [0.29, 0.717) is 12.1 Å². The maximum atomic E-state index is 5.45. The molecule has 2 atom stereocenters. The first-order chi connectivity index (χ1) is 10.3. The molecule has 0 spiro atoms. The van der Waals surface area contributed by atoms with Gasteiger partial charge in [-0.05, 0) is 24.8 Å². The molecule has 3 nitrogen and oxygen atoms in total. The third kappa shape index (κ3) is 3.04. The highest BCUT2D eigenvalue weighted by Crippen LogP contribution is 2.27. The van der Waals surface area contributed by atoms with Gasteiger partial charge in [0.1, 0.15) is 0 Å². The molecule has 2 aromatic carbocycles. The maximum Gasteiger partial charge on any atom is 0.0711 e. The molecular weight excluding hydrogens is 260 g/mol. The van der Waals surface area contributed by atoms with Gasteiger partial charge < -0.3 is 15.0 Å². The molecule has 1 heterocycles. The number of anilines is 1. The summed E-state index contributed by atoms with van der Waals surface area (Å²) in [6.45, 7) is 5.24. The molecule has 2 aromatic rings. The third-order valence-electron chi connectivity index (χ3n) is 4.44. The first-order valence-electron chi connectivity index (χ1n) is 7.80. The summed E-state index contributed by atoms with van der Waals surface area (Å²) < 4.78 is 5.45. The quantitative estimate of drug-likeness (QED) is 0.913. The van der Waals surface area contributed by atoms with Gasteiger partial charge in [0.25, 0.3) is 0 Å². The van der Waals surface area contributed by atoms with E-state index in [1.54, 1.807) is 7.11 Å². The Kier molecular flexibility index (Phi) is 4.42. The molecule has 112 valence electrons. The van der Waals surface area contributed by atoms with Crippen LogP contribution >= 0.6 is 0 Å². The van der Waals surface area contributed by atoms with Crippen molar-refractivity contribution in [1.82, 2.24) is 5.32 Å². The van der Waals surface area contributed by atoms with Crippen molar-refractivity contribution in [1.29, 1.82) is 0 Å². The summed E-state index contributed by atoms with van der Waals surface area (Å²) in [4.78, 5) is 2.47. The second-order valence-electron chi connectivity index (χ2n) is 5.74. The van der Waals surface area contributed by atoms with E-state index in [4.69, 9.17) is 4.74 Å². The van der Waals surface area contributed by atoms with Crippen molar-refractivity contribution < 1.29 is 4.74 Å². The Morgan fingerprint density at radius 3 is 2.76 bits per heavy atom. The summed E-state index contributed by atoms with van der Waals surface area (Å²) in [5.41, 5.74) is 1.33. The van der Waals surface area contributed by atoms with Gasteiger partial charge in [-0.15, -0.1) is 0 Å². The average molecular weight is 284 g/mol. The highest BCUT2D eigenvalue weighted by atomic mass is 16.5. The lowest BCUT2D eigenvalue weighted by atomic mass is 10.1. The standard InChI is InChI=1S/C18H24N2O/c1-3-20(13-15-11-16(21-2)12-19-15)18-10-6-8-14-7-4-5-9-17(14)18/h4-10,15-16,19H,3,11-13H2,1-2H3. The van der Waals surface area contributed by atoms with E-state index in [-0.39, 0.29) is 0 Å². The zero-order valence-electron chi connectivity index (χ0n) is 12.9. The maximum absolute atomic E-state index is 5.45. The van der Waals surface area contributed by atoms with Gasteiger partial charge in [0.2, 0.25) is 0 Å². The van der Waals surface area contributed by atoms with Gasteiger partial charge in [0.05, 0.1) is 6.10 Å². The molecule has 0 aromatic heterocycles. The summed E-state index contributed by atoms with van der Waals surface area (Å²) in [5, 5.41) is 6.22. The van der Waals surface area contributed by atoms with Crippen molar-refractivity contribution >= 4 is 16.5 Å². The van der Waals surface area contributed by atoms with Crippen LogP contribution in [-0.4, -0.2) is 38.9 Å². The number of fused-ring (bicyclic) bond motifs is 1. The van der Waals surface area contributed by atoms with Gasteiger partial charge in [-0.3, -0.25) is 0 Å². The first-order valence-corrected chi connectivity index (χ1v) is 7.80. The number of nitrogens with zero attached hydrogens (tertiary/aromatic N) is 1. The van der Waals surface area contributed by atoms with Crippen LogP contribution in [0.15, 0.2) is 42.5 Å². The molecule has 3 heteroatoms. The number of nitrogens with one attached hydrogen (secondary N) is 1. The Morgan fingerprint density at radius 1 is 1.19 bits per heavy atom. The van der Waals surface area contributed by atoms with E-state index in [1.165, 1.54) is 16.5 Å². The van der Waals surface area contributed by atoms with Crippen LogP contribution in [0.2, 0.25) is 0 Å². The van der Waals surface area contributed by atoms with Crippen LogP contribution in [-0.2, 0) is 4.74 Å². The van der Waals surface area contributed by atoms with Crippen molar-refractivity contribution in [2.24, 2.45) is 0 Å². The van der Waals surface area contributed by atoms with Crippen molar-refractivity contribution in [3.63, 3.8) is 0 Å². The Hall–Kier alpha value is -1.58. The van der Waals surface area contributed by atoms with Crippen molar-refractivity contribution in [3.8, 4) is 0 Å². The molecule has 0 amide bonds. The molecule has 1 saturated heterocycles. The van der Waals surface area contributed by atoms with Crippen LogP contribution in [0.3, 0.4) is 0 Å². The second kappa shape index (κ2) is 6.46. The number of rotatable bonds is 5. The third-order valence-corrected chi connectivity index (χ3v) is 4.44. The van der Waals surface area contributed by atoms with E-state index in [2.05, 4.69) is 59.6 Å². The van der Waals surface area contributed by atoms with Crippen molar-refractivity contribution in [3.05, 3.63) is 42.5 Å². The number of benzene rings is 2. The SMILES string of the molecule is CCN(CC1CC(OC)CN1)c1cccc2ccccc12. The number of likely N-dealkylation sites (N-methyl/N-ethyl adjacent to an activating group) is 1. The largest absolute Gasteiger partial charge is 0.380 e. The van der Waals surface area contributed by atoms with Crippen LogP contribution in [0.5, 0.6) is 0 Å². The number of methoxy groups -OCH3 is 1. The van der Waals surface area contributed by atoms with E-state index in [9.17, 15) is 0 Å². The van der Waals surface area contributed by atoms with Gasteiger partial charge in [-0.2, -0.15) is 0 Å². The number of hydrogen-bond donors (Lipinski definition) is 1. The lowest BCUT2D eigenvalue weighted by molar-refractivity contribution is 0.117. The fourth-order valence-electron chi connectivity index (χ4n) is 3.25. The predicted octanol–water partition coefficient (Wildman–Crippen LogP) is 3.04. The van der Waals surface area contributed by atoms with Gasteiger partial charge >= 0.3 is 0 Å². The Bertz CT molecular complexity index is 593. The summed E-state index contributed by atoms with van der Waals surface area (Å²) in [6, 6.07) is 15.7. The van der Waals surface area contributed by atoms with E-state index < -0.39 is 0 Å². The normalized spacial score (nSPS) is 21.8. The second-order valence-corrected chi connectivity index (χ2v) is 5.74. The topological polar surface area (TPSA) is 24.5 Å². The van der Waals surface area contributed by atoms with Gasteiger partial charge in [-0.25, -0.2) is 0 Å². The minimum Gasteiger partial charge on any atom is -0.380 e. The van der Waals surface area contributed by atoms with Gasteiger partial charge in [-0.1, -0.05) is 36.4 Å². The molecule has 1 aliphatic rings. The summed E-state index contributed by atoms with van der Waals surface area (Å²) in [5.74, 6) is 0. The summed E-state index contributed by atoms with van der Waals surface area (Å²) >= 11 is 0. The zero-order chi connectivity index (χ0) is 14.7. The lowest BCUT2D eigenvalue weighted by Crippen LogP contribution is -2.37. The van der Waals surface area contributed by atoms with Crippen molar-refractivity contribution in [2.45, 2.75) is 25.5 Å². The molecule has 0 radical (unpaired) electrons. The fraction of sp³-hybridized carbons (Fsp3) is 0.444. The van der Waals surface area contributed by atoms with Crippen LogP contribution < -0.4 is 10.2 Å². The monoisotopic (exact) mass is 284 g/mol. The first kappa shape index (κ1) is 14.4. The highest BCUT2D eigenvalue weighted by Gasteiger charge is 2.25. The molecule has 0 saturated carbocycles. The van der Waals surface area contributed by atoms with Crippen molar-refractivity contribution in [2.75, 3.05) is 31.6 Å². The van der Waals surface area contributed by atoms with E-state index >= 15 is 0 Å². The smallest absolute Gasteiger partial charge is 0.0711 e. The molecule has 1 fully saturated rings. The molecule has 1 aliphatic heterocycles. The molecule has 3 rings (SSSR count). The molecule has 21 heavy (non-hydrogen) atoms. The zero-order valence-corrected chi connectivity index (χ0v) is 12.9. The highest BCUT2D eigenvalue weighted by molar-refractivity contribution is 5.94. The van der Waals surface area contributed by atoms with Crippen LogP contribution in [0, 0.1) is 0 Å². The van der Waals surface area contributed by atoms with Gasteiger partial charge in [0.15, 0.2) is 0 Å². The summed E-state index contributed by atoms with van der Waals surface area (Å²) in [7, 11) is 1.80.